The van der Waals surface area contributed by atoms with Gasteiger partial charge in [-0.3, -0.25) is 0 Å². The first-order valence-corrected chi connectivity index (χ1v) is 15.9. The monoisotopic (exact) mass is 592 g/mol. The zero-order valence-corrected chi connectivity index (χ0v) is 24.8. The fourth-order valence-corrected chi connectivity index (χ4v) is 8.16. The number of aromatic amines is 1. The molecule has 0 unspecified atom stereocenters. The van der Waals surface area contributed by atoms with Crippen molar-refractivity contribution in [2.24, 2.45) is 0 Å². The Kier molecular flexibility index (Phi) is 5.12. The highest BCUT2D eigenvalue weighted by Crippen LogP contribution is 2.53. The molecule has 5 heteroatoms. The summed E-state index contributed by atoms with van der Waals surface area (Å²) >= 11 is 1.75. The van der Waals surface area contributed by atoms with Crippen molar-refractivity contribution in [1.82, 2.24) is 15.0 Å². The van der Waals surface area contributed by atoms with Crippen LogP contribution in [0.1, 0.15) is 0 Å². The Morgan fingerprint density at radius 2 is 1.44 bits per heavy atom. The van der Waals surface area contributed by atoms with Crippen LogP contribution in [-0.4, -0.2) is 15.0 Å². The van der Waals surface area contributed by atoms with E-state index in [1.54, 1.807) is 11.3 Å². The fraction of sp³-hybridized carbons (Fsp3) is 0. The lowest BCUT2D eigenvalue weighted by molar-refractivity contribution is 1.22. The predicted octanol–water partition coefficient (Wildman–Crippen LogP) is 11.3. The molecule has 3 aromatic heterocycles. The summed E-state index contributed by atoms with van der Waals surface area (Å²) in [4.78, 5) is 16.2. The minimum atomic E-state index is 0.715. The van der Waals surface area contributed by atoms with Crippen LogP contribution >= 0.6 is 11.3 Å². The predicted molar refractivity (Wildman–Crippen MR) is 189 cm³/mol. The lowest BCUT2D eigenvalue weighted by atomic mass is 9.87. The quantitative estimate of drug-likeness (QED) is 0.222. The smallest absolute Gasteiger partial charge is 0.160 e. The normalized spacial score (nSPS) is 12.4. The number of hydrogen-bond acceptors (Lipinski definition) is 4. The molecule has 6 aromatic carbocycles. The largest absolute Gasteiger partial charge is 0.360 e. The molecular weight excluding hydrogens is 569 g/mol. The van der Waals surface area contributed by atoms with Gasteiger partial charge in [0.2, 0.25) is 0 Å². The van der Waals surface area contributed by atoms with E-state index >= 15 is 0 Å². The number of H-pyrrole nitrogens is 1. The standard InChI is InChI=1S/C40H24N4S/c1-2-14-28-24(9-1)20-21-33-36(28)30-16-6-10-25-11-7-18-32(35(25)30)44(33)27-13-5-12-26(23-27)40-42-37-29-15-3-4-19-34(29)45-39(37)38(43-40)31-17-8-22-41-31/h1-23,41H. The van der Waals surface area contributed by atoms with E-state index in [0.717, 1.165) is 38.2 Å². The number of hydrogen-bond donors (Lipinski definition) is 1. The van der Waals surface area contributed by atoms with E-state index in [2.05, 4.69) is 137 Å². The van der Waals surface area contributed by atoms with Crippen LogP contribution in [0.25, 0.3) is 75.8 Å². The van der Waals surface area contributed by atoms with E-state index in [4.69, 9.17) is 9.97 Å². The molecule has 1 N–H and O–H groups in total. The summed E-state index contributed by atoms with van der Waals surface area (Å²) in [5, 5.41) is 6.16. The van der Waals surface area contributed by atoms with E-state index in [1.165, 1.54) is 48.7 Å². The highest BCUT2D eigenvalue weighted by atomic mass is 32.1. The lowest BCUT2D eigenvalue weighted by Gasteiger charge is -2.34. The first-order chi connectivity index (χ1) is 22.3. The van der Waals surface area contributed by atoms with Crippen LogP contribution in [0.4, 0.5) is 17.1 Å². The zero-order chi connectivity index (χ0) is 29.5. The summed E-state index contributed by atoms with van der Waals surface area (Å²) in [5.74, 6) is 0.715. The van der Waals surface area contributed by atoms with Crippen LogP contribution in [0.2, 0.25) is 0 Å². The molecule has 4 heterocycles. The molecule has 0 saturated carbocycles. The molecule has 0 radical (unpaired) electrons. The first-order valence-electron chi connectivity index (χ1n) is 15.1. The van der Waals surface area contributed by atoms with E-state index < -0.39 is 0 Å². The van der Waals surface area contributed by atoms with Gasteiger partial charge < -0.3 is 9.88 Å². The third-order valence-electron chi connectivity index (χ3n) is 8.98. The second kappa shape index (κ2) is 9.36. The van der Waals surface area contributed by atoms with E-state index in [9.17, 15) is 0 Å². The lowest BCUT2D eigenvalue weighted by Crippen LogP contribution is -2.15. The van der Waals surface area contributed by atoms with Crippen molar-refractivity contribution in [1.29, 1.82) is 0 Å². The topological polar surface area (TPSA) is 44.8 Å². The highest BCUT2D eigenvalue weighted by molar-refractivity contribution is 7.26. The fourth-order valence-electron chi connectivity index (χ4n) is 7.02. The zero-order valence-electron chi connectivity index (χ0n) is 24.0. The molecular formula is C40H24N4S. The Labute approximate surface area is 262 Å². The Bertz CT molecular complexity index is 2610. The van der Waals surface area contributed by atoms with Crippen LogP contribution in [0.15, 0.2) is 140 Å². The molecule has 210 valence electrons. The Balaban J connectivity index is 1.23. The van der Waals surface area contributed by atoms with Crippen molar-refractivity contribution >= 4 is 70.2 Å². The van der Waals surface area contributed by atoms with Crippen LogP contribution in [0.3, 0.4) is 0 Å². The van der Waals surface area contributed by atoms with Crippen LogP contribution < -0.4 is 4.90 Å². The average Bonchev–Trinajstić information content (AvgIpc) is 3.77. The van der Waals surface area contributed by atoms with Crippen molar-refractivity contribution in [2.45, 2.75) is 0 Å². The number of benzene rings is 6. The van der Waals surface area contributed by atoms with Crippen molar-refractivity contribution in [2.75, 3.05) is 4.90 Å². The number of anilines is 3. The van der Waals surface area contributed by atoms with Gasteiger partial charge in [0.05, 0.1) is 27.3 Å². The number of thiophene rings is 1. The summed E-state index contributed by atoms with van der Waals surface area (Å²) < 4.78 is 2.31. The highest BCUT2D eigenvalue weighted by Gasteiger charge is 2.27. The summed E-state index contributed by atoms with van der Waals surface area (Å²) in [6, 6.07) is 47.7. The maximum atomic E-state index is 5.22. The van der Waals surface area contributed by atoms with Gasteiger partial charge in [0, 0.05) is 38.5 Å². The number of rotatable bonds is 3. The van der Waals surface area contributed by atoms with Gasteiger partial charge in [0.1, 0.15) is 5.69 Å². The Morgan fingerprint density at radius 1 is 0.622 bits per heavy atom. The summed E-state index contributed by atoms with van der Waals surface area (Å²) in [6.45, 7) is 0. The number of fused-ring (bicyclic) bond motifs is 7. The molecule has 0 spiro atoms. The summed E-state index contributed by atoms with van der Waals surface area (Å²) in [7, 11) is 0. The third kappa shape index (κ3) is 3.59. The molecule has 45 heavy (non-hydrogen) atoms. The number of nitrogens with zero attached hydrogens (tertiary/aromatic N) is 3. The van der Waals surface area contributed by atoms with Gasteiger partial charge in [-0.05, 0) is 64.2 Å². The van der Waals surface area contributed by atoms with Crippen molar-refractivity contribution in [3.63, 3.8) is 0 Å². The van der Waals surface area contributed by atoms with Gasteiger partial charge in [0.25, 0.3) is 0 Å². The average molecular weight is 593 g/mol. The number of nitrogens with one attached hydrogen (secondary N) is 1. The molecule has 0 bridgehead atoms. The van der Waals surface area contributed by atoms with Gasteiger partial charge in [-0.1, -0.05) is 91.0 Å². The second-order valence-corrected chi connectivity index (χ2v) is 12.6. The minimum absolute atomic E-state index is 0.715. The molecule has 9 aromatic rings. The summed E-state index contributed by atoms with van der Waals surface area (Å²) in [5.41, 5.74) is 9.85. The van der Waals surface area contributed by atoms with Crippen LogP contribution in [-0.2, 0) is 0 Å². The molecule has 1 aliphatic rings. The van der Waals surface area contributed by atoms with E-state index in [-0.39, 0.29) is 0 Å². The summed E-state index contributed by atoms with van der Waals surface area (Å²) in [6.07, 6.45) is 1.95. The van der Waals surface area contributed by atoms with Crippen LogP contribution in [0.5, 0.6) is 0 Å². The molecule has 0 atom stereocenters. The van der Waals surface area contributed by atoms with E-state index in [1.807, 2.05) is 12.3 Å². The van der Waals surface area contributed by atoms with Gasteiger partial charge in [-0.15, -0.1) is 11.3 Å². The van der Waals surface area contributed by atoms with Crippen molar-refractivity contribution in [3.8, 4) is 33.9 Å². The Morgan fingerprint density at radius 3 is 2.36 bits per heavy atom. The SMILES string of the molecule is c1cc(-c2nc(-c3ccc[nH]3)c3sc4ccccc4c3n2)cc(N2c3ccc4ccccc4c3-c3cccc4cccc2c34)c1. The molecule has 10 rings (SSSR count). The minimum Gasteiger partial charge on any atom is -0.360 e. The molecule has 1 aliphatic heterocycles. The molecule has 4 nitrogen and oxygen atoms in total. The Hall–Kier alpha value is -5.78. The van der Waals surface area contributed by atoms with Crippen LogP contribution in [0, 0.1) is 0 Å². The molecule has 0 fully saturated rings. The van der Waals surface area contributed by atoms with Gasteiger partial charge in [0.15, 0.2) is 5.82 Å². The van der Waals surface area contributed by atoms with Crippen molar-refractivity contribution < 1.29 is 0 Å². The maximum absolute atomic E-state index is 5.22. The van der Waals surface area contributed by atoms with E-state index in [0.29, 0.717) is 5.82 Å². The number of aromatic nitrogens is 3. The second-order valence-electron chi connectivity index (χ2n) is 11.5. The first kappa shape index (κ1) is 24.6. The molecule has 0 aliphatic carbocycles. The van der Waals surface area contributed by atoms with Crippen molar-refractivity contribution in [3.05, 3.63) is 140 Å². The van der Waals surface area contributed by atoms with Gasteiger partial charge >= 0.3 is 0 Å². The molecule has 0 amide bonds. The third-order valence-corrected chi connectivity index (χ3v) is 10.1. The molecule has 0 saturated heterocycles. The maximum Gasteiger partial charge on any atom is 0.160 e. The van der Waals surface area contributed by atoms with Gasteiger partial charge in [-0.2, -0.15) is 0 Å². The van der Waals surface area contributed by atoms with Gasteiger partial charge in [-0.25, -0.2) is 9.97 Å².